The van der Waals surface area contributed by atoms with Gasteiger partial charge in [0.05, 0.1) is 24.1 Å². The Balaban J connectivity index is 2.04. The highest BCUT2D eigenvalue weighted by Gasteiger charge is 2.33. The summed E-state index contributed by atoms with van der Waals surface area (Å²) in [7, 11) is 0. The Morgan fingerprint density at radius 2 is 1.96 bits per heavy atom. The van der Waals surface area contributed by atoms with Gasteiger partial charge in [-0.15, -0.1) is 0 Å². The van der Waals surface area contributed by atoms with E-state index >= 15 is 0 Å². The number of phenols is 1. The van der Waals surface area contributed by atoms with Crippen LogP contribution >= 0.6 is 12.2 Å². The van der Waals surface area contributed by atoms with Gasteiger partial charge in [-0.1, -0.05) is 30.4 Å². The normalized spacial score (nSPS) is 11.3. The van der Waals surface area contributed by atoms with Crippen molar-refractivity contribution in [2.24, 2.45) is 5.10 Å². The summed E-state index contributed by atoms with van der Waals surface area (Å²) < 4.78 is 44.1. The monoisotopic (exact) mass is 411 g/mol. The van der Waals surface area contributed by atoms with Crippen LogP contribution < -0.4 is 15.5 Å². The number of alkyl halides is 3. The average Bonchev–Trinajstić information content (AvgIpc) is 2.64. The molecule has 2 aromatic carbocycles. The second kappa shape index (κ2) is 9.18. The minimum atomic E-state index is -4.62. The number of aromatic hydroxyl groups is 1. The van der Waals surface area contributed by atoms with Crippen LogP contribution in [0.15, 0.2) is 47.6 Å². The second-order valence-electron chi connectivity index (χ2n) is 5.32. The summed E-state index contributed by atoms with van der Waals surface area (Å²) in [6, 6.07) is 9.27. The number of phenolic OH excluding ortho intramolecular Hbond substituents is 1. The maximum Gasteiger partial charge on any atom is 0.418 e. The number of para-hydroxylation sites is 2. The highest BCUT2D eigenvalue weighted by atomic mass is 32.1. The van der Waals surface area contributed by atoms with E-state index in [0.29, 0.717) is 12.2 Å². The SMILES string of the molecule is CCOc1cccc(/C=N/NC(=S)C(=O)Nc2ccccc2C(F)(F)F)c1O. The fourth-order valence-corrected chi connectivity index (χ4v) is 2.25. The first-order chi connectivity index (χ1) is 13.2. The molecule has 2 rings (SSSR count). The van der Waals surface area contributed by atoms with Gasteiger partial charge >= 0.3 is 6.18 Å². The molecular weight excluding hydrogens is 395 g/mol. The molecule has 0 aliphatic rings. The van der Waals surface area contributed by atoms with Crippen molar-refractivity contribution >= 4 is 35.0 Å². The fourth-order valence-electron chi connectivity index (χ4n) is 2.15. The van der Waals surface area contributed by atoms with Gasteiger partial charge in [0, 0.05) is 5.56 Å². The first-order valence-electron chi connectivity index (χ1n) is 7.99. The molecule has 0 unspecified atom stereocenters. The van der Waals surface area contributed by atoms with Crippen molar-refractivity contribution in [3.05, 3.63) is 53.6 Å². The number of hydrogen-bond donors (Lipinski definition) is 3. The van der Waals surface area contributed by atoms with Crippen molar-refractivity contribution in [3.8, 4) is 11.5 Å². The number of anilines is 1. The zero-order chi connectivity index (χ0) is 20.7. The standard InChI is InChI=1S/C18H16F3N3O3S/c1-2-27-14-9-5-6-11(15(14)25)10-22-24-17(28)16(26)23-13-8-4-3-7-12(13)18(19,20)21/h3-10,25H,2H2,1H3,(H,23,26)(H,24,28)/b22-10+. The van der Waals surface area contributed by atoms with Crippen LogP contribution in [0.5, 0.6) is 11.5 Å². The fraction of sp³-hybridized carbons (Fsp3) is 0.167. The summed E-state index contributed by atoms with van der Waals surface area (Å²) in [6.45, 7) is 2.12. The van der Waals surface area contributed by atoms with Gasteiger partial charge in [0.15, 0.2) is 16.5 Å². The number of thiocarbonyl (C=S) groups is 1. The van der Waals surface area contributed by atoms with Gasteiger partial charge in [-0.2, -0.15) is 18.3 Å². The largest absolute Gasteiger partial charge is 0.504 e. The molecule has 0 aromatic heterocycles. The van der Waals surface area contributed by atoms with Crippen LogP contribution in [0.3, 0.4) is 0 Å². The molecule has 0 atom stereocenters. The summed E-state index contributed by atoms with van der Waals surface area (Å²) in [5, 5.41) is 15.9. The van der Waals surface area contributed by atoms with Crippen LogP contribution in [-0.2, 0) is 11.0 Å². The van der Waals surface area contributed by atoms with E-state index in [-0.39, 0.29) is 11.5 Å². The Hall–Kier alpha value is -3.14. The van der Waals surface area contributed by atoms with Gasteiger partial charge in [-0.05, 0) is 31.2 Å². The summed E-state index contributed by atoms with van der Waals surface area (Å²) in [5.74, 6) is -0.851. The number of carbonyl (C=O) groups is 1. The van der Waals surface area contributed by atoms with E-state index in [1.54, 1.807) is 25.1 Å². The molecule has 1 amide bonds. The van der Waals surface area contributed by atoms with Gasteiger partial charge in [0.2, 0.25) is 0 Å². The van der Waals surface area contributed by atoms with E-state index in [4.69, 9.17) is 17.0 Å². The number of amides is 1. The number of benzene rings is 2. The van der Waals surface area contributed by atoms with Gasteiger partial charge in [-0.3, -0.25) is 10.2 Å². The quantitative estimate of drug-likeness (QED) is 0.397. The molecule has 0 heterocycles. The third-order valence-corrected chi connectivity index (χ3v) is 3.66. The first kappa shape index (κ1) is 21.2. The molecule has 2 aromatic rings. The Morgan fingerprint density at radius 3 is 2.64 bits per heavy atom. The zero-order valence-electron chi connectivity index (χ0n) is 14.6. The minimum absolute atomic E-state index is 0.149. The molecule has 148 valence electrons. The molecule has 0 aliphatic heterocycles. The Morgan fingerprint density at radius 1 is 1.25 bits per heavy atom. The van der Waals surface area contributed by atoms with Crippen molar-refractivity contribution in [2.45, 2.75) is 13.1 Å². The Labute approximate surface area is 164 Å². The molecule has 0 spiro atoms. The first-order valence-corrected chi connectivity index (χ1v) is 8.40. The Kier molecular flexibility index (Phi) is 6.94. The zero-order valence-corrected chi connectivity index (χ0v) is 15.4. The van der Waals surface area contributed by atoms with Crippen molar-refractivity contribution in [1.82, 2.24) is 5.43 Å². The van der Waals surface area contributed by atoms with Crippen LogP contribution in [0.1, 0.15) is 18.1 Å². The highest BCUT2D eigenvalue weighted by molar-refractivity contribution is 7.82. The predicted molar refractivity (Wildman–Crippen MR) is 103 cm³/mol. The van der Waals surface area contributed by atoms with Gasteiger partial charge in [0.25, 0.3) is 5.91 Å². The van der Waals surface area contributed by atoms with Crippen LogP contribution in [-0.4, -0.2) is 28.8 Å². The van der Waals surface area contributed by atoms with E-state index in [0.717, 1.165) is 12.1 Å². The molecule has 0 aliphatic carbocycles. The lowest BCUT2D eigenvalue weighted by atomic mass is 10.1. The maximum atomic E-state index is 13.0. The average molecular weight is 411 g/mol. The number of halogens is 3. The molecule has 10 heteroatoms. The van der Waals surface area contributed by atoms with Crippen LogP contribution in [0.4, 0.5) is 18.9 Å². The molecule has 0 saturated carbocycles. The highest BCUT2D eigenvalue weighted by Crippen LogP contribution is 2.34. The van der Waals surface area contributed by atoms with E-state index in [1.165, 1.54) is 18.3 Å². The van der Waals surface area contributed by atoms with Gasteiger partial charge in [-0.25, -0.2) is 0 Å². The molecule has 0 radical (unpaired) electrons. The summed E-state index contributed by atoms with van der Waals surface area (Å²) in [4.78, 5) is 11.6. The van der Waals surface area contributed by atoms with Crippen molar-refractivity contribution in [3.63, 3.8) is 0 Å². The summed E-state index contributed by atoms with van der Waals surface area (Å²) in [6.07, 6.45) is -3.43. The number of nitrogens with one attached hydrogen (secondary N) is 2. The van der Waals surface area contributed by atoms with Gasteiger partial charge in [0.1, 0.15) is 0 Å². The molecule has 0 saturated heterocycles. The van der Waals surface area contributed by atoms with Gasteiger partial charge < -0.3 is 15.2 Å². The van der Waals surface area contributed by atoms with Crippen molar-refractivity contribution < 1.29 is 27.8 Å². The smallest absolute Gasteiger partial charge is 0.418 e. The predicted octanol–water partition coefficient (Wildman–Crippen LogP) is 3.70. The number of ether oxygens (including phenoxy) is 1. The van der Waals surface area contributed by atoms with E-state index in [9.17, 15) is 23.1 Å². The van der Waals surface area contributed by atoms with E-state index < -0.39 is 28.3 Å². The number of rotatable bonds is 5. The van der Waals surface area contributed by atoms with E-state index in [2.05, 4.69) is 15.8 Å². The molecule has 28 heavy (non-hydrogen) atoms. The third kappa shape index (κ3) is 5.43. The maximum absolute atomic E-state index is 13.0. The van der Waals surface area contributed by atoms with Crippen LogP contribution in [0, 0.1) is 0 Å². The second-order valence-corrected chi connectivity index (χ2v) is 5.73. The van der Waals surface area contributed by atoms with Crippen LogP contribution in [0.25, 0.3) is 0 Å². The van der Waals surface area contributed by atoms with Crippen molar-refractivity contribution in [2.75, 3.05) is 11.9 Å². The molecular formula is C18H16F3N3O3S. The molecule has 0 fully saturated rings. The molecule has 3 N–H and O–H groups in total. The molecule has 0 bridgehead atoms. The lowest BCUT2D eigenvalue weighted by Crippen LogP contribution is -2.31. The molecule has 6 nitrogen and oxygen atoms in total. The van der Waals surface area contributed by atoms with Crippen LogP contribution in [0.2, 0.25) is 0 Å². The number of hydrazone groups is 1. The third-order valence-electron chi connectivity index (χ3n) is 3.39. The lowest BCUT2D eigenvalue weighted by molar-refractivity contribution is -0.136. The lowest BCUT2D eigenvalue weighted by Gasteiger charge is -2.13. The number of carbonyl (C=O) groups excluding carboxylic acids is 1. The summed E-state index contributed by atoms with van der Waals surface area (Å²) in [5.41, 5.74) is 1.12. The van der Waals surface area contributed by atoms with Crippen molar-refractivity contribution in [1.29, 1.82) is 0 Å². The Bertz CT molecular complexity index is 901. The number of nitrogens with zero attached hydrogens (tertiary/aromatic N) is 1. The topological polar surface area (TPSA) is 83.0 Å². The summed E-state index contributed by atoms with van der Waals surface area (Å²) >= 11 is 4.82. The number of hydrogen-bond acceptors (Lipinski definition) is 5. The van der Waals surface area contributed by atoms with E-state index in [1.807, 2.05) is 0 Å². The minimum Gasteiger partial charge on any atom is -0.504 e.